The molecule has 1 atom stereocenters. The molecule has 0 N–H and O–H groups in total. The van der Waals surface area contributed by atoms with Crippen molar-refractivity contribution in [3.63, 3.8) is 0 Å². The van der Waals surface area contributed by atoms with E-state index in [0.717, 1.165) is 70.7 Å². The van der Waals surface area contributed by atoms with Crippen LogP contribution in [0.2, 0.25) is 0 Å². The number of piperidine rings is 1. The van der Waals surface area contributed by atoms with Gasteiger partial charge in [-0.1, -0.05) is 19.3 Å². The minimum atomic E-state index is 0.0400. The molecular weight excluding hydrogens is 302 g/mol. The summed E-state index contributed by atoms with van der Waals surface area (Å²) in [4.78, 5) is 14.7. The van der Waals surface area contributed by atoms with Gasteiger partial charge in [-0.2, -0.15) is 0 Å². The highest BCUT2D eigenvalue weighted by atomic mass is 16.5. The maximum absolute atomic E-state index is 12.6. The second-order valence-electron chi connectivity index (χ2n) is 8.26. The maximum Gasteiger partial charge on any atom is 0.222 e. The third-order valence-electron chi connectivity index (χ3n) is 6.54. The molecule has 2 saturated heterocycles. The minimum absolute atomic E-state index is 0.0400. The van der Waals surface area contributed by atoms with Crippen LogP contribution < -0.4 is 0 Å². The van der Waals surface area contributed by atoms with Crippen molar-refractivity contribution in [3.05, 3.63) is 0 Å². The Bertz CT molecular complexity index is 398. The van der Waals surface area contributed by atoms with Gasteiger partial charge in [-0.05, 0) is 56.8 Å². The molecule has 2 aliphatic heterocycles. The molecule has 138 valence electrons. The van der Waals surface area contributed by atoms with Crippen LogP contribution in [0.4, 0.5) is 0 Å². The molecule has 2 heterocycles. The third-order valence-corrected chi connectivity index (χ3v) is 6.54. The molecule has 1 unspecified atom stereocenters. The first-order valence-electron chi connectivity index (χ1n) is 10.1. The van der Waals surface area contributed by atoms with E-state index in [4.69, 9.17) is 9.47 Å². The van der Waals surface area contributed by atoms with Gasteiger partial charge in [-0.3, -0.25) is 4.79 Å². The van der Waals surface area contributed by atoms with Crippen molar-refractivity contribution in [2.45, 2.75) is 76.2 Å². The van der Waals surface area contributed by atoms with Crippen molar-refractivity contribution >= 4 is 5.91 Å². The molecule has 4 heteroatoms. The fourth-order valence-electron chi connectivity index (χ4n) is 4.94. The lowest BCUT2D eigenvalue weighted by atomic mass is 9.78. The first-order valence-corrected chi connectivity index (χ1v) is 10.1. The molecule has 1 spiro atoms. The van der Waals surface area contributed by atoms with E-state index in [9.17, 15) is 4.79 Å². The number of rotatable bonds is 5. The monoisotopic (exact) mass is 337 g/mol. The number of methoxy groups -OCH3 is 1. The van der Waals surface area contributed by atoms with Crippen LogP contribution >= 0.6 is 0 Å². The van der Waals surface area contributed by atoms with Gasteiger partial charge in [0.1, 0.15) is 0 Å². The van der Waals surface area contributed by atoms with Crippen LogP contribution in [-0.2, 0) is 14.3 Å². The van der Waals surface area contributed by atoms with E-state index in [1.807, 2.05) is 0 Å². The highest BCUT2D eigenvalue weighted by Gasteiger charge is 2.41. The lowest BCUT2D eigenvalue weighted by Crippen LogP contribution is -2.51. The second-order valence-corrected chi connectivity index (χ2v) is 8.26. The lowest BCUT2D eigenvalue weighted by molar-refractivity contribution is -0.148. The molecule has 0 aromatic carbocycles. The van der Waals surface area contributed by atoms with Gasteiger partial charge < -0.3 is 14.4 Å². The van der Waals surface area contributed by atoms with E-state index in [1.54, 1.807) is 7.11 Å². The van der Waals surface area contributed by atoms with E-state index in [2.05, 4.69) is 4.90 Å². The van der Waals surface area contributed by atoms with E-state index >= 15 is 0 Å². The molecule has 1 saturated carbocycles. The zero-order valence-corrected chi connectivity index (χ0v) is 15.4. The molecule has 0 aromatic rings. The summed E-state index contributed by atoms with van der Waals surface area (Å²) in [7, 11) is 1.78. The average Bonchev–Trinajstić information content (AvgIpc) is 2.61. The standard InChI is InChI=1S/C20H35NO3/c1-23-13-7-18-8-14-24-20(16-18)9-11-21(12-10-20)19(22)15-17-5-3-2-4-6-17/h17-18H,2-16H2,1H3. The highest BCUT2D eigenvalue weighted by Crippen LogP contribution is 2.39. The molecule has 3 rings (SSSR count). The number of ether oxygens (including phenoxy) is 2. The summed E-state index contributed by atoms with van der Waals surface area (Å²) in [6, 6.07) is 0. The third kappa shape index (κ3) is 4.72. The van der Waals surface area contributed by atoms with Crippen LogP contribution in [0, 0.1) is 11.8 Å². The molecule has 1 amide bonds. The van der Waals surface area contributed by atoms with Crippen LogP contribution in [0.5, 0.6) is 0 Å². The Kier molecular flexibility index (Phi) is 6.56. The number of carbonyl (C=O) groups is 1. The molecule has 0 bridgehead atoms. The molecule has 4 nitrogen and oxygen atoms in total. The number of likely N-dealkylation sites (tertiary alicyclic amines) is 1. The minimum Gasteiger partial charge on any atom is -0.385 e. The summed E-state index contributed by atoms with van der Waals surface area (Å²) >= 11 is 0. The van der Waals surface area contributed by atoms with Crippen LogP contribution in [0.25, 0.3) is 0 Å². The van der Waals surface area contributed by atoms with Gasteiger partial charge >= 0.3 is 0 Å². The van der Waals surface area contributed by atoms with Crippen molar-refractivity contribution in [1.82, 2.24) is 4.90 Å². The topological polar surface area (TPSA) is 38.8 Å². The summed E-state index contributed by atoms with van der Waals surface area (Å²) < 4.78 is 11.5. The summed E-state index contributed by atoms with van der Waals surface area (Å²) in [5.41, 5.74) is 0.0400. The van der Waals surface area contributed by atoms with Gasteiger partial charge in [0.15, 0.2) is 0 Å². The molecule has 3 fully saturated rings. The highest BCUT2D eigenvalue weighted by molar-refractivity contribution is 5.76. The Morgan fingerprint density at radius 3 is 2.58 bits per heavy atom. The quantitative estimate of drug-likeness (QED) is 0.766. The van der Waals surface area contributed by atoms with Gasteiger partial charge in [-0.25, -0.2) is 0 Å². The summed E-state index contributed by atoms with van der Waals surface area (Å²) in [5, 5.41) is 0. The number of hydrogen-bond donors (Lipinski definition) is 0. The summed E-state index contributed by atoms with van der Waals surface area (Å²) in [6.45, 7) is 3.52. The zero-order valence-electron chi connectivity index (χ0n) is 15.4. The predicted molar refractivity (Wildman–Crippen MR) is 94.9 cm³/mol. The maximum atomic E-state index is 12.6. The zero-order chi connectivity index (χ0) is 16.8. The Morgan fingerprint density at radius 1 is 1.12 bits per heavy atom. The van der Waals surface area contributed by atoms with E-state index < -0.39 is 0 Å². The average molecular weight is 338 g/mol. The normalized spacial score (nSPS) is 28.2. The van der Waals surface area contributed by atoms with Gasteiger partial charge in [0.05, 0.1) is 5.60 Å². The number of hydrogen-bond acceptors (Lipinski definition) is 3. The van der Waals surface area contributed by atoms with Crippen molar-refractivity contribution < 1.29 is 14.3 Å². The number of carbonyl (C=O) groups excluding carboxylic acids is 1. The largest absolute Gasteiger partial charge is 0.385 e. The fourth-order valence-corrected chi connectivity index (χ4v) is 4.94. The fraction of sp³-hybridized carbons (Fsp3) is 0.950. The molecule has 1 aliphatic carbocycles. The van der Waals surface area contributed by atoms with Crippen molar-refractivity contribution in [2.75, 3.05) is 33.4 Å². The summed E-state index contributed by atoms with van der Waals surface area (Å²) in [6.07, 6.45) is 12.8. The second kappa shape index (κ2) is 8.66. The Morgan fingerprint density at radius 2 is 1.88 bits per heavy atom. The van der Waals surface area contributed by atoms with E-state index in [-0.39, 0.29) is 5.60 Å². The molecule has 24 heavy (non-hydrogen) atoms. The first-order chi connectivity index (χ1) is 11.7. The van der Waals surface area contributed by atoms with Crippen molar-refractivity contribution in [3.8, 4) is 0 Å². The number of nitrogens with zero attached hydrogens (tertiary/aromatic N) is 1. The van der Waals surface area contributed by atoms with Gasteiger partial charge in [0, 0.05) is 39.8 Å². The molecule has 0 radical (unpaired) electrons. The van der Waals surface area contributed by atoms with Crippen LogP contribution in [-0.4, -0.2) is 49.8 Å². The van der Waals surface area contributed by atoms with E-state index in [1.165, 1.54) is 32.1 Å². The molecular formula is C20H35NO3. The Balaban J connectivity index is 1.45. The van der Waals surface area contributed by atoms with Crippen LogP contribution in [0.15, 0.2) is 0 Å². The lowest BCUT2D eigenvalue weighted by Gasteiger charge is -2.46. The first kappa shape index (κ1) is 18.2. The van der Waals surface area contributed by atoms with Crippen LogP contribution in [0.3, 0.4) is 0 Å². The Labute approximate surface area is 147 Å². The molecule has 0 aromatic heterocycles. The van der Waals surface area contributed by atoms with Gasteiger partial charge in [0.25, 0.3) is 0 Å². The number of amides is 1. The SMILES string of the molecule is COCCC1CCOC2(CCN(C(=O)CC3CCCCC3)CC2)C1. The van der Waals surface area contributed by atoms with Gasteiger partial charge in [-0.15, -0.1) is 0 Å². The Hall–Kier alpha value is -0.610. The van der Waals surface area contributed by atoms with Gasteiger partial charge in [0.2, 0.25) is 5.91 Å². The van der Waals surface area contributed by atoms with Crippen molar-refractivity contribution in [1.29, 1.82) is 0 Å². The van der Waals surface area contributed by atoms with Crippen LogP contribution in [0.1, 0.15) is 70.6 Å². The smallest absolute Gasteiger partial charge is 0.222 e. The van der Waals surface area contributed by atoms with E-state index in [0.29, 0.717) is 11.8 Å². The van der Waals surface area contributed by atoms with Crippen molar-refractivity contribution in [2.24, 2.45) is 11.8 Å². The summed E-state index contributed by atoms with van der Waals surface area (Å²) in [5.74, 6) is 1.76. The predicted octanol–water partition coefficient (Wildman–Crippen LogP) is 3.78. The molecule has 3 aliphatic rings.